The van der Waals surface area contributed by atoms with Crippen LogP contribution in [0.1, 0.15) is 40.5 Å². The molecule has 5 heterocycles. The third-order valence-electron chi connectivity index (χ3n) is 5.74. The Morgan fingerprint density at radius 2 is 2.15 bits per heavy atom. The Labute approximate surface area is 202 Å². The van der Waals surface area contributed by atoms with E-state index >= 15 is 0 Å². The molecule has 0 fully saturated rings. The van der Waals surface area contributed by atoms with Crippen LogP contribution in [0, 0.1) is 13.8 Å². The molecule has 0 N–H and O–H groups in total. The third-order valence-corrected chi connectivity index (χ3v) is 8.77. The highest BCUT2D eigenvalue weighted by Gasteiger charge is 2.34. The van der Waals surface area contributed by atoms with Crippen LogP contribution in [0.3, 0.4) is 0 Å². The van der Waals surface area contributed by atoms with Crippen LogP contribution >= 0.6 is 34.4 Å². The normalized spacial score (nSPS) is 16.0. The lowest BCUT2D eigenvalue weighted by atomic mass is 10.1. The molecule has 0 saturated heterocycles. The second-order valence-electron chi connectivity index (χ2n) is 7.69. The molecule has 10 heteroatoms. The molecule has 0 saturated carbocycles. The van der Waals surface area contributed by atoms with Crippen LogP contribution in [0.4, 0.5) is 0 Å². The van der Waals surface area contributed by atoms with E-state index in [4.69, 9.17) is 9.40 Å². The molecule has 1 aliphatic rings. The van der Waals surface area contributed by atoms with Gasteiger partial charge in [-0.15, -0.1) is 22.7 Å². The van der Waals surface area contributed by atoms with Gasteiger partial charge in [-0.2, -0.15) is 5.10 Å². The molecule has 1 aliphatic heterocycles. The molecule has 0 aromatic carbocycles. The van der Waals surface area contributed by atoms with E-state index in [0.29, 0.717) is 29.3 Å². The number of hydrogen-bond donors (Lipinski definition) is 0. The molecule has 0 bridgehead atoms. The first-order valence-electron chi connectivity index (χ1n) is 10.6. The van der Waals surface area contributed by atoms with Gasteiger partial charge in [0.15, 0.2) is 5.16 Å². The van der Waals surface area contributed by atoms with Gasteiger partial charge in [0.25, 0.3) is 11.5 Å². The first-order valence-corrected chi connectivity index (χ1v) is 13.3. The highest BCUT2D eigenvalue weighted by atomic mass is 32.2. The van der Waals surface area contributed by atoms with Crippen molar-refractivity contribution in [1.29, 1.82) is 0 Å². The molecule has 4 aromatic heterocycles. The van der Waals surface area contributed by atoms with Gasteiger partial charge in [-0.25, -0.2) is 9.99 Å². The Kier molecular flexibility index (Phi) is 5.98. The second-order valence-corrected chi connectivity index (χ2v) is 10.8. The van der Waals surface area contributed by atoms with E-state index in [1.165, 1.54) is 23.1 Å². The third kappa shape index (κ3) is 3.96. The largest absolute Gasteiger partial charge is 0.463 e. The number of aromatic nitrogens is 2. The fourth-order valence-electron chi connectivity index (χ4n) is 3.92. The number of amides is 1. The average molecular weight is 499 g/mol. The quantitative estimate of drug-likeness (QED) is 0.269. The number of hydrogen-bond acceptors (Lipinski definition) is 8. The molecular weight excluding hydrogens is 476 g/mol. The lowest BCUT2D eigenvalue weighted by Crippen LogP contribution is -2.29. The van der Waals surface area contributed by atoms with Gasteiger partial charge in [-0.1, -0.05) is 17.8 Å². The number of aryl methyl sites for hydroxylation is 2. The van der Waals surface area contributed by atoms with Crippen molar-refractivity contribution in [2.45, 2.75) is 44.9 Å². The summed E-state index contributed by atoms with van der Waals surface area (Å²) in [5.74, 6) is 0.684. The standard InChI is InChI=1S/C23H22N4O3S3/c1-4-26-22(29)20-13(2)14(3)33-21(20)24-23(26)32-12-19(28)27-16(18-8-6-10-31-18)11-15(25-27)17-7-5-9-30-17/h5-10,16H,4,11-12H2,1-3H3. The van der Waals surface area contributed by atoms with E-state index in [0.717, 1.165) is 25.9 Å². The molecule has 5 rings (SSSR count). The minimum absolute atomic E-state index is 0.0462. The minimum Gasteiger partial charge on any atom is -0.463 e. The molecule has 1 amide bonds. The minimum atomic E-state index is -0.162. The maximum atomic E-state index is 13.3. The number of hydrazone groups is 1. The van der Waals surface area contributed by atoms with E-state index < -0.39 is 0 Å². The van der Waals surface area contributed by atoms with Crippen molar-refractivity contribution in [3.05, 3.63) is 67.3 Å². The van der Waals surface area contributed by atoms with Crippen LogP contribution in [-0.4, -0.2) is 31.9 Å². The van der Waals surface area contributed by atoms with Crippen LogP contribution in [0.2, 0.25) is 0 Å². The summed E-state index contributed by atoms with van der Waals surface area (Å²) in [6.07, 6.45) is 2.21. The molecule has 0 spiro atoms. The number of thiophene rings is 2. The maximum Gasteiger partial charge on any atom is 0.263 e. The van der Waals surface area contributed by atoms with E-state index in [1.807, 2.05) is 50.4 Å². The van der Waals surface area contributed by atoms with Crippen molar-refractivity contribution in [2.24, 2.45) is 5.10 Å². The van der Waals surface area contributed by atoms with Gasteiger partial charge in [0, 0.05) is 22.7 Å². The van der Waals surface area contributed by atoms with E-state index in [9.17, 15) is 9.59 Å². The number of carbonyl (C=O) groups is 1. The number of thioether (sulfide) groups is 1. The summed E-state index contributed by atoms with van der Waals surface area (Å²) in [6, 6.07) is 7.51. The van der Waals surface area contributed by atoms with E-state index in [-0.39, 0.29) is 23.3 Å². The highest BCUT2D eigenvalue weighted by molar-refractivity contribution is 7.99. The summed E-state index contributed by atoms with van der Waals surface area (Å²) in [5, 5.41) is 9.42. The van der Waals surface area contributed by atoms with E-state index in [1.54, 1.807) is 27.2 Å². The topological polar surface area (TPSA) is 80.7 Å². The number of rotatable bonds is 6. The smallest absolute Gasteiger partial charge is 0.263 e. The van der Waals surface area contributed by atoms with Crippen LogP contribution < -0.4 is 5.56 Å². The van der Waals surface area contributed by atoms with Crippen molar-refractivity contribution in [1.82, 2.24) is 14.6 Å². The summed E-state index contributed by atoms with van der Waals surface area (Å²) < 4.78 is 7.17. The zero-order chi connectivity index (χ0) is 23.1. The molecule has 1 atom stereocenters. The first-order chi connectivity index (χ1) is 16.0. The zero-order valence-electron chi connectivity index (χ0n) is 18.4. The van der Waals surface area contributed by atoms with Crippen molar-refractivity contribution in [3.63, 3.8) is 0 Å². The number of fused-ring (bicyclic) bond motifs is 1. The van der Waals surface area contributed by atoms with Gasteiger partial charge in [-0.05, 0) is 49.9 Å². The Hall–Kier alpha value is -2.69. The molecule has 4 aromatic rings. The van der Waals surface area contributed by atoms with Gasteiger partial charge in [0.1, 0.15) is 16.3 Å². The van der Waals surface area contributed by atoms with Crippen LogP contribution in [0.5, 0.6) is 0 Å². The predicted octanol–water partition coefficient (Wildman–Crippen LogP) is 5.22. The Morgan fingerprint density at radius 1 is 1.30 bits per heavy atom. The van der Waals surface area contributed by atoms with Gasteiger partial charge in [0.05, 0.1) is 23.4 Å². The SMILES string of the molecule is CCn1c(SCC(=O)N2N=C(c3ccco3)CC2c2cccs2)nc2sc(C)c(C)c2c1=O. The van der Waals surface area contributed by atoms with Crippen molar-refractivity contribution in [3.8, 4) is 0 Å². The summed E-state index contributed by atoms with van der Waals surface area (Å²) in [7, 11) is 0. The van der Waals surface area contributed by atoms with Crippen molar-refractivity contribution in [2.75, 3.05) is 5.75 Å². The highest BCUT2D eigenvalue weighted by Crippen LogP contribution is 2.36. The fraction of sp³-hybridized carbons (Fsp3) is 0.304. The maximum absolute atomic E-state index is 13.3. The summed E-state index contributed by atoms with van der Waals surface area (Å²) >= 11 is 4.41. The molecule has 170 valence electrons. The van der Waals surface area contributed by atoms with Crippen molar-refractivity contribution < 1.29 is 9.21 Å². The molecule has 0 aliphatic carbocycles. The lowest BCUT2D eigenvalue weighted by molar-refractivity contribution is -0.130. The molecular formula is C23H22N4O3S3. The predicted molar refractivity (Wildman–Crippen MR) is 134 cm³/mol. The summed E-state index contributed by atoms with van der Waals surface area (Å²) in [6.45, 7) is 6.37. The van der Waals surface area contributed by atoms with Gasteiger partial charge in [-0.3, -0.25) is 14.2 Å². The van der Waals surface area contributed by atoms with Crippen molar-refractivity contribution >= 4 is 56.3 Å². The first kappa shape index (κ1) is 22.1. The van der Waals surface area contributed by atoms with Crippen LogP contribution in [-0.2, 0) is 11.3 Å². The zero-order valence-corrected chi connectivity index (χ0v) is 20.9. The fourth-order valence-corrected chi connectivity index (χ4v) is 6.72. The molecule has 0 radical (unpaired) electrons. The van der Waals surface area contributed by atoms with Gasteiger partial charge < -0.3 is 4.42 Å². The molecule has 1 unspecified atom stereocenters. The lowest BCUT2D eigenvalue weighted by Gasteiger charge is -2.20. The molecule has 33 heavy (non-hydrogen) atoms. The number of carbonyl (C=O) groups excluding carboxylic acids is 1. The monoisotopic (exact) mass is 498 g/mol. The van der Waals surface area contributed by atoms with Gasteiger partial charge in [0.2, 0.25) is 0 Å². The average Bonchev–Trinajstić information content (AvgIpc) is 3.59. The Bertz CT molecular complexity index is 1400. The number of furan rings is 1. The Morgan fingerprint density at radius 3 is 2.85 bits per heavy atom. The second kappa shape index (κ2) is 8.92. The molecule has 7 nitrogen and oxygen atoms in total. The number of nitrogens with zero attached hydrogens (tertiary/aromatic N) is 4. The van der Waals surface area contributed by atoms with Crippen LogP contribution in [0.15, 0.2) is 55.4 Å². The summed E-state index contributed by atoms with van der Waals surface area (Å²) in [5.41, 5.74) is 1.69. The van der Waals surface area contributed by atoms with Crippen LogP contribution in [0.25, 0.3) is 10.2 Å². The Balaban J connectivity index is 1.43. The summed E-state index contributed by atoms with van der Waals surface area (Å²) in [4.78, 5) is 34.0. The van der Waals surface area contributed by atoms with E-state index in [2.05, 4.69) is 5.10 Å². The van der Waals surface area contributed by atoms with Gasteiger partial charge >= 0.3 is 0 Å².